The van der Waals surface area contributed by atoms with Gasteiger partial charge in [-0.3, -0.25) is 9.25 Å². The molecule has 0 spiro atoms. The first-order valence-corrected chi connectivity index (χ1v) is 8.60. The quantitative estimate of drug-likeness (QED) is 0.747. The van der Waals surface area contributed by atoms with Gasteiger partial charge in [-0.15, -0.1) is 12.4 Å². The summed E-state index contributed by atoms with van der Waals surface area (Å²) in [6.07, 6.45) is 4.84. The van der Waals surface area contributed by atoms with Gasteiger partial charge < -0.3 is 14.8 Å². The number of nitrogens with one attached hydrogen (secondary N) is 1. The molecular weight excluding hydrogens is 354 g/mol. The molecule has 3 aromatic rings. The third-order valence-electron chi connectivity index (χ3n) is 4.57. The Labute approximate surface area is 157 Å². The highest BCUT2D eigenvalue weighted by atomic mass is 35.5. The van der Waals surface area contributed by atoms with Gasteiger partial charge in [0.05, 0.1) is 11.4 Å². The molecule has 0 aliphatic carbocycles. The number of aryl methyl sites for hydroxylation is 1. The standard InChI is InChI=1S/C18H19N5O2.ClH/c1-4-19-12-14-10-15(21-23(14)6-1)18-20-5-7-22(18)13-2-3-16-17(11-13)25-9-8-24-16;/h2-3,5,7,10-11,19H,1,4,6,8-9,12H2;1H. The molecule has 2 aliphatic rings. The van der Waals surface area contributed by atoms with Crippen LogP contribution in [0.5, 0.6) is 11.5 Å². The number of imidazole rings is 1. The van der Waals surface area contributed by atoms with Crippen molar-refractivity contribution in [2.45, 2.75) is 19.5 Å². The lowest BCUT2D eigenvalue weighted by Crippen LogP contribution is -2.15. The van der Waals surface area contributed by atoms with Crippen LogP contribution in [-0.4, -0.2) is 39.1 Å². The summed E-state index contributed by atoms with van der Waals surface area (Å²) in [4.78, 5) is 4.54. The second kappa shape index (κ2) is 7.01. The lowest BCUT2D eigenvalue weighted by atomic mass is 10.2. The van der Waals surface area contributed by atoms with E-state index >= 15 is 0 Å². The molecule has 5 rings (SSSR count). The van der Waals surface area contributed by atoms with Gasteiger partial charge >= 0.3 is 0 Å². The average molecular weight is 374 g/mol. The fourth-order valence-corrected chi connectivity index (χ4v) is 3.35. The maximum Gasteiger partial charge on any atom is 0.165 e. The normalized spacial score (nSPS) is 15.7. The summed E-state index contributed by atoms with van der Waals surface area (Å²) in [7, 11) is 0. The molecule has 26 heavy (non-hydrogen) atoms. The van der Waals surface area contributed by atoms with E-state index in [9.17, 15) is 0 Å². The number of benzene rings is 1. The van der Waals surface area contributed by atoms with Gasteiger partial charge in [0, 0.05) is 31.5 Å². The molecule has 0 atom stereocenters. The number of fused-ring (bicyclic) bond motifs is 2. The number of aromatic nitrogens is 4. The van der Waals surface area contributed by atoms with Crippen LogP contribution >= 0.6 is 12.4 Å². The molecule has 1 aromatic carbocycles. The highest BCUT2D eigenvalue weighted by molar-refractivity contribution is 5.85. The summed E-state index contributed by atoms with van der Waals surface area (Å²) < 4.78 is 15.4. The van der Waals surface area contributed by atoms with Crippen molar-refractivity contribution in [3.05, 3.63) is 42.4 Å². The molecule has 0 saturated heterocycles. The molecule has 2 aliphatic heterocycles. The topological polar surface area (TPSA) is 66.1 Å². The summed E-state index contributed by atoms with van der Waals surface area (Å²) in [6, 6.07) is 8.07. The predicted octanol–water partition coefficient (Wildman–Crippen LogP) is 2.42. The molecule has 0 unspecified atom stereocenters. The highest BCUT2D eigenvalue weighted by Crippen LogP contribution is 2.33. The Hall–Kier alpha value is -2.51. The predicted molar refractivity (Wildman–Crippen MR) is 99.3 cm³/mol. The van der Waals surface area contributed by atoms with Crippen LogP contribution in [0.1, 0.15) is 12.1 Å². The van der Waals surface area contributed by atoms with Gasteiger partial charge in [0.2, 0.25) is 0 Å². The molecule has 0 saturated carbocycles. The molecule has 8 heteroatoms. The maximum absolute atomic E-state index is 5.70. The zero-order valence-corrected chi connectivity index (χ0v) is 15.0. The maximum atomic E-state index is 5.70. The van der Waals surface area contributed by atoms with Crippen LogP contribution in [0.25, 0.3) is 17.2 Å². The Morgan fingerprint density at radius 3 is 2.88 bits per heavy atom. The van der Waals surface area contributed by atoms with E-state index in [-0.39, 0.29) is 12.4 Å². The van der Waals surface area contributed by atoms with Crippen molar-refractivity contribution in [1.82, 2.24) is 24.6 Å². The van der Waals surface area contributed by atoms with Crippen LogP contribution < -0.4 is 14.8 Å². The molecular formula is C18H20ClN5O2. The Morgan fingerprint density at radius 1 is 1.08 bits per heavy atom. The van der Waals surface area contributed by atoms with E-state index in [1.165, 1.54) is 5.69 Å². The van der Waals surface area contributed by atoms with Gasteiger partial charge in [0.25, 0.3) is 0 Å². The first-order chi connectivity index (χ1) is 12.4. The van der Waals surface area contributed by atoms with Crippen molar-refractivity contribution < 1.29 is 9.47 Å². The van der Waals surface area contributed by atoms with Crippen LogP contribution in [0, 0.1) is 0 Å². The van der Waals surface area contributed by atoms with Gasteiger partial charge in [0.1, 0.15) is 18.9 Å². The molecule has 2 aromatic heterocycles. The smallest absolute Gasteiger partial charge is 0.165 e. The number of ether oxygens (including phenoxy) is 2. The third kappa shape index (κ3) is 2.93. The fourth-order valence-electron chi connectivity index (χ4n) is 3.35. The van der Waals surface area contributed by atoms with E-state index in [0.29, 0.717) is 13.2 Å². The van der Waals surface area contributed by atoms with Crippen LogP contribution in [0.2, 0.25) is 0 Å². The second-order valence-electron chi connectivity index (χ2n) is 6.22. The van der Waals surface area contributed by atoms with E-state index in [4.69, 9.17) is 14.6 Å². The number of nitrogens with zero attached hydrogens (tertiary/aromatic N) is 4. The van der Waals surface area contributed by atoms with Crippen molar-refractivity contribution in [2.24, 2.45) is 0 Å². The number of halogens is 1. The number of hydrogen-bond donors (Lipinski definition) is 1. The molecule has 0 fully saturated rings. The molecule has 0 radical (unpaired) electrons. The summed E-state index contributed by atoms with van der Waals surface area (Å²) in [5, 5.41) is 8.19. The van der Waals surface area contributed by atoms with Crippen molar-refractivity contribution >= 4 is 12.4 Å². The molecule has 4 heterocycles. The minimum absolute atomic E-state index is 0. The van der Waals surface area contributed by atoms with Crippen molar-refractivity contribution in [3.8, 4) is 28.7 Å². The van der Waals surface area contributed by atoms with E-state index in [1.54, 1.807) is 6.20 Å². The van der Waals surface area contributed by atoms with Crippen LogP contribution in [0.15, 0.2) is 36.7 Å². The average Bonchev–Trinajstić information content (AvgIpc) is 3.23. The Balaban J connectivity index is 0.00000168. The zero-order valence-electron chi connectivity index (χ0n) is 14.2. The molecule has 0 bridgehead atoms. The van der Waals surface area contributed by atoms with Gasteiger partial charge in [-0.05, 0) is 31.2 Å². The summed E-state index contributed by atoms with van der Waals surface area (Å²) in [5.41, 5.74) is 3.07. The highest BCUT2D eigenvalue weighted by Gasteiger charge is 2.18. The first-order valence-electron chi connectivity index (χ1n) is 8.60. The van der Waals surface area contributed by atoms with E-state index < -0.39 is 0 Å². The Morgan fingerprint density at radius 2 is 1.96 bits per heavy atom. The molecule has 7 nitrogen and oxygen atoms in total. The van der Waals surface area contributed by atoms with Crippen molar-refractivity contribution in [1.29, 1.82) is 0 Å². The van der Waals surface area contributed by atoms with Gasteiger partial charge in [-0.1, -0.05) is 0 Å². The minimum Gasteiger partial charge on any atom is -0.486 e. The summed E-state index contributed by atoms with van der Waals surface area (Å²) in [6.45, 7) is 3.99. The van der Waals surface area contributed by atoms with Gasteiger partial charge in [-0.25, -0.2) is 4.98 Å². The molecule has 0 amide bonds. The van der Waals surface area contributed by atoms with Gasteiger partial charge in [-0.2, -0.15) is 5.10 Å². The Kier molecular flexibility index (Phi) is 4.57. The van der Waals surface area contributed by atoms with Crippen LogP contribution in [-0.2, 0) is 13.1 Å². The SMILES string of the molecule is Cl.c1cn(-c2ccc3c(c2)OCCO3)c(-c2cc3n(n2)CCCNC3)n1. The third-order valence-corrected chi connectivity index (χ3v) is 4.57. The number of hydrogen-bond acceptors (Lipinski definition) is 5. The summed E-state index contributed by atoms with van der Waals surface area (Å²) in [5.74, 6) is 2.39. The van der Waals surface area contributed by atoms with Gasteiger partial charge in [0.15, 0.2) is 17.3 Å². The van der Waals surface area contributed by atoms with Crippen molar-refractivity contribution in [2.75, 3.05) is 19.8 Å². The van der Waals surface area contributed by atoms with E-state index in [1.807, 2.05) is 29.0 Å². The largest absolute Gasteiger partial charge is 0.486 e. The van der Waals surface area contributed by atoms with Crippen LogP contribution in [0.4, 0.5) is 0 Å². The zero-order chi connectivity index (χ0) is 16.6. The fraction of sp³-hybridized carbons (Fsp3) is 0.333. The minimum atomic E-state index is 0. The lowest BCUT2D eigenvalue weighted by Gasteiger charge is -2.19. The Bertz CT molecular complexity index is 897. The first kappa shape index (κ1) is 16.9. The van der Waals surface area contributed by atoms with Crippen molar-refractivity contribution in [3.63, 3.8) is 0 Å². The second-order valence-corrected chi connectivity index (χ2v) is 6.22. The van der Waals surface area contributed by atoms with E-state index in [2.05, 4.69) is 21.0 Å². The van der Waals surface area contributed by atoms with Crippen LogP contribution in [0.3, 0.4) is 0 Å². The summed E-state index contributed by atoms with van der Waals surface area (Å²) >= 11 is 0. The van der Waals surface area contributed by atoms with E-state index in [0.717, 1.165) is 54.8 Å². The number of rotatable bonds is 2. The molecule has 136 valence electrons. The molecule has 1 N–H and O–H groups in total. The lowest BCUT2D eigenvalue weighted by molar-refractivity contribution is 0.171. The monoisotopic (exact) mass is 373 g/mol.